The number of likely N-dealkylation sites (N-methyl/N-ethyl adjacent to an activating group) is 1. The predicted molar refractivity (Wildman–Crippen MR) is 118 cm³/mol. The van der Waals surface area contributed by atoms with Gasteiger partial charge in [0.2, 0.25) is 6.41 Å². The van der Waals surface area contributed by atoms with Gasteiger partial charge < -0.3 is 30.3 Å². The lowest BCUT2D eigenvalue weighted by molar-refractivity contribution is -0.149. The van der Waals surface area contributed by atoms with E-state index >= 15 is 0 Å². The molecule has 31 heavy (non-hydrogen) atoms. The van der Waals surface area contributed by atoms with Crippen molar-refractivity contribution in [1.82, 2.24) is 24.4 Å². The summed E-state index contributed by atoms with van der Waals surface area (Å²) >= 11 is 2.25. The third-order valence-corrected chi connectivity index (χ3v) is 5.81. The molecule has 1 amide bonds. The molecule has 5 atom stereocenters. The second-order valence-corrected chi connectivity index (χ2v) is 8.43. The summed E-state index contributed by atoms with van der Waals surface area (Å²) in [5.41, 5.74) is 1.93. The summed E-state index contributed by atoms with van der Waals surface area (Å²) in [4.78, 5) is 24.7. The number of aliphatic hydroxyl groups excluding tert-OH is 3. The number of amides is 1. The van der Waals surface area contributed by atoms with Gasteiger partial charge in [-0.15, -0.1) is 0 Å². The highest BCUT2D eigenvalue weighted by Crippen LogP contribution is 2.34. The fourth-order valence-electron chi connectivity index (χ4n) is 3.46. The Bertz CT molecular complexity index is 1080. The molecule has 1 aromatic carbocycles. The van der Waals surface area contributed by atoms with Crippen LogP contribution in [0.25, 0.3) is 11.2 Å². The SMILES string of the molecule is CN(C=O)C(O)C1OC(n2cnc3c(NCc4cccc(I)c4)ncnc32)C(O)C1O. The van der Waals surface area contributed by atoms with Gasteiger partial charge in [-0.25, -0.2) is 15.0 Å². The van der Waals surface area contributed by atoms with Crippen molar-refractivity contribution in [1.29, 1.82) is 0 Å². The number of hydrogen-bond donors (Lipinski definition) is 4. The fourth-order valence-corrected chi connectivity index (χ4v) is 4.06. The number of nitrogens with zero attached hydrogens (tertiary/aromatic N) is 5. The first-order chi connectivity index (χ1) is 14.9. The van der Waals surface area contributed by atoms with Crippen molar-refractivity contribution in [2.75, 3.05) is 12.4 Å². The minimum atomic E-state index is -1.43. The molecule has 0 radical (unpaired) electrons. The summed E-state index contributed by atoms with van der Waals surface area (Å²) in [6, 6.07) is 8.03. The van der Waals surface area contributed by atoms with Gasteiger partial charge in [0.1, 0.15) is 24.6 Å². The van der Waals surface area contributed by atoms with E-state index in [1.54, 1.807) is 0 Å². The fraction of sp³-hybridized carbons (Fsp3) is 0.368. The smallest absolute Gasteiger partial charge is 0.211 e. The standard InChI is InChI=1S/C19H21IN6O5/c1-25(9-27)18(30)15-13(28)14(29)19(31-15)26-8-24-12-16(22-7-23-17(12)26)21-6-10-3-2-4-11(20)5-10/h2-5,7-9,13-15,18-19,28-30H,6H2,1H3,(H,21,22,23). The quantitative estimate of drug-likeness (QED) is 0.186. The van der Waals surface area contributed by atoms with Crippen molar-refractivity contribution < 1.29 is 24.9 Å². The summed E-state index contributed by atoms with van der Waals surface area (Å²) in [6.07, 6.45) is -3.27. The van der Waals surface area contributed by atoms with Gasteiger partial charge in [0.25, 0.3) is 0 Å². The largest absolute Gasteiger partial charge is 0.387 e. The minimum absolute atomic E-state index is 0.385. The van der Waals surface area contributed by atoms with Crippen molar-refractivity contribution in [2.45, 2.75) is 37.3 Å². The van der Waals surface area contributed by atoms with E-state index in [2.05, 4.69) is 48.9 Å². The Morgan fingerprint density at radius 3 is 2.87 bits per heavy atom. The molecule has 3 aromatic rings. The number of imidazole rings is 1. The third kappa shape index (κ3) is 4.21. The monoisotopic (exact) mass is 540 g/mol. The number of ether oxygens (including phenoxy) is 1. The van der Waals surface area contributed by atoms with Gasteiger partial charge in [0.05, 0.1) is 6.33 Å². The summed E-state index contributed by atoms with van der Waals surface area (Å²) in [5, 5.41) is 34.3. The number of fused-ring (bicyclic) bond motifs is 1. The lowest BCUT2D eigenvalue weighted by Gasteiger charge is -2.26. The number of halogens is 1. The van der Waals surface area contributed by atoms with Crippen LogP contribution >= 0.6 is 22.6 Å². The first-order valence-corrected chi connectivity index (χ1v) is 10.5. The van der Waals surface area contributed by atoms with Crippen LogP contribution in [0.1, 0.15) is 11.8 Å². The van der Waals surface area contributed by atoms with E-state index in [9.17, 15) is 20.1 Å². The highest BCUT2D eigenvalue weighted by atomic mass is 127. The van der Waals surface area contributed by atoms with Crippen LogP contribution in [0.4, 0.5) is 5.82 Å². The van der Waals surface area contributed by atoms with Gasteiger partial charge in [-0.2, -0.15) is 0 Å². The van der Waals surface area contributed by atoms with E-state index in [-0.39, 0.29) is 0 Å². The van der Waals surface area contributed by atoms with Gasteiger partial charge in [-0.05, 0) is 40.3 Å². The first-order valence-electron chi connectivity index (χ1n) is 9.43. The number of aromatic nitrogens is 4. The van der Waals surface area contributed by atoms with Gasteiger partial charge in [-0.3, -0.25) is 9.36 Å². The molecule has 1 aliphatic rings. The molecule has 3 heterocycles. The van der Waals surface area contributed by atoms with Gasteiger partial charge in [-0.1, -0.05) is 12.1 Å². The molecular formula is C19H21IN6O5. The van der Waals surface area contributed by atoms with Crippen LogP contribution in [-0.4, -0.2) is 77.7 Å². The lowest BCUT2D eigenvalue weighted by atomic mass is 10.1. The Kier molecular flexibility index (Phi) is 6.34. The normalized spacial score (nSPS) is 24.3. The number of carbonyl (C=O) groups is 1. The van der Waals surface area contributed by atoms with Crippen LogP contribution in [0.15, 0.2) is 36.9 Å². The average Bonchev–Trinajstić information content (AvgIpc) is 3.33. The molecule has 4 rings (SSSR count). The Balaban J connectivity index is 1.58. The topological polar surface area (TPSA) is 146 Å². The maximum absolute atomic E-state index is 10.9. The zero-order valence-corrected chi connectivity index (χ0v) is 18.6. The molecular weight excluding hydrogens is 519 g/mol. The summed E-state index contributed by atoms with van der Waals surface area (Å²) in [5.74, 6) is 0.507. The number of rotatable bonds is 7. The maximum Gasteiger partial charge on any atom is 0.211 e. The number of carbonyl (C=O) groups excluding carboxylic acids is 1. The first kappa shape index (κ1) is 21.8. The van der Waals surface area contributed by atoms with E-state index in [0.717, 1.165) is 14.0 Å². The molecule has 0 aliphatic carbocycles. The Morgan fingerprint density at radius 1 is 1.32 bits per heavy atom. The molecule has 4 N–H and O–H groups in total. The van der Waals surface area contributed by atoms with Crippen molar-refractivity contribution in [2.24, 2.45) is 0 Å². The second-order valence-electron chi connectivity index (χ2n) is 7.19. The molecule has 1 aliphatic heterocycles. The zero-order chi connectivity index (χ0) is 22.1. The molecule has 0 bridgehead atoms. The van der Waals surface area contributed by atoms with E-state index in [1.807, 2.05) is 18.2 Å². The summed E-state index contributed by atoms with van der Waals surface area (Å²) in [6.45, 7) is 0.531. The minimum Gasteiger partial charge on any atom is -0.387 e. The Hall–Kier alpha value is -2.39. The Morgan fingerprint density at radius 2 is 2.13 bits per heavy atom. The maximum atomic E-state index is 10.9. The van der Waals surface area contributed by atoms with Crippen molar-refractivity contribution in [3.8, 4) is 0 Å². The Labute approximate surface area is 190 Å². The van der Waals surface area contributed by atoms with Crippen molar-refractivity contribution in [3.05, 3.63) is 46.1 Å². The second kappa shape index (κ2) is 9.00. The third-order valence-electron chi connectivity index (χ3n) is 5.13. The van der Waals surface area contributed by atoms with E-state index in [4.69, 9.17) is 4.74 Å². The molecule has 164 valence electrons. The van der Waals surface area contributed by atoms with Crippen molar-refractivity contribution >= 4 is 46.0 Å². The van der Waals surface area contributed by atoms with Crippen LogP contribution in [0.2, 0.25) is 0 Å². The number of anilines is 1. The number of benzene rings is 1. The molecule has 2 aromatic heterocycles. The molecule has 5 unspecified atom stereocenters. The summed E-state index contributed by atoms with van der Waals surface area (Å²) in [7, 11) is 1.35. The molecule has 1 fully saturated rings. The number of hydrogen-bond acceptors (Lipinski definition) is 9. The zero-order valence-electron chi connectivity index (χ0n) is 16.4. The highest BCUT2D eigenvalue weighted by Gasteiger charge is 2.48. The highest BCUT2D eigenvalue weighted by molar-refractivity contribution is 14.1. The van der Waals surface area contributed by atoms with Crippen LogP contribution in [0.3, 0.4) is 0 Å². The number of nitrogens with one attached hydrogen (secondary N) is 1. The van der Waals surface area contributed by atoms with E-state index in [0.29, 0.717) is 29.9 Å². The molecule has 11 nitrogen and oxygen atoms in total. The van der Waals surface area contributed by atoms with Crippen molar-refractivity contribution in [3.63, 3.8) is 0 Å². The van der Waals surface area contributed by atoms with E-state index < -0.39 is 30.8 Å². The van der Waals surface area contributed by atoms with Gasteiger partial charge in [0, 0.05) is 17.2 Å². The van der Waals surface area contributed by atoms with Crippen LogP contribution in [0, 0.1) is 3.57 Å². The van der Waals surface area contributed by atoms with Crippen LogP contribution in [0.5, 0.6) is 0 Å². The predicted octanol–water partition coefficient (Wildman–Crippen LogP) is 0.0688. The summed E-state index contributed by atoms with van der Waals surface area (Å²) < 4.78 is 8.29. The molecule has 0 saturated carbocycles. The van der Waals surface area contributed by atoms with Gasteiger partial charge >= 0.3 is 0 Å². The van der Waals surface area contributed by atoms with E-state index in [1.165, 1.54) is 24.3 Å². The number of aliphatic hydroxyl groups is 3. The van der Waals surface area contributed by atoms with Crippen LogP contribution in [-0.2, 0) is 16.1 Å². The molecule has 0 spiro atoms. The molecule has 12 heteroatoms. The van der Waals surface area contributed by atoms with Crippen LogP contribution < -0.4 is 5.32 Å². The average molecular weight is 540 g/mol. The molecule has 1 saturated heterocycles. The van der Waals surface area contributed by atoms with Gasteiger partial charge in [0.15, 0.2) is 29.4 Å². The lowest BCUT2D eigenvalue weighted by Crippen LogP contribution is -2.46.